The molecule has 4 rings (SSSR count). The van der Waals surface area contributed by atoms with Crippen LogP contribution in [0, 0.1) is 6.92 Å². The van der Waals surface area contributed by atoms with E-state index in [1.807, 2.05) is 31.2 Å². The van der Waals surface area contributed by atoms with Crippen molar-refractivity contribution in [2.24, 2.45) is 0 Å². The molecule has 1 saturated heterocycles. The van der Waals surface area contributed by atoms with Gasteiger partial charge in [0.25, 0.3) is 0 Å². The topological polar surface area (TPSA) is 97.3 Å². The molecule has 1 aliphatic heterocycles. The Bertz CT molecular complexity index is 1170. The van der Waals surface area contributed by atoms with Crippen molar-refractivity contribution in [2.45, 2.75) is 26.7 Å². The lowest BCUT2D eigenvalue weighted by Crippen LogP contribution is -2.43. The van der Waals surface area contributed by atoms with Crippen LogP contribution in [0.3, 0.4) is 0 Å². The summed E-state index contributed by atoms with van der Waals surface area (Å²) in [6, 6.07) is 9.19. The second-order valence-corrected chi connectivity index (χ2v) is 10.3. The molecule has 0 aliphatic carbocycles. The van der Waals surface area contributed by atoms with E-state index >= 15 is 0 Å². The first-order valence-electron chi connectivity index (χ1n) is 10.1. The zero-order valence-corrected chi connectivity index (χ0v) is 19.3. The van der Waals surface area contributed by atoms with Gasteiger partial charge in [0.2, 0.25) is 0 Å². The highest BCUT2D eigenvalue weighted by molar-refractivity contribution is 7.90. The first-order valence-corrected chi connectivity index (χ1v) is 12.4. The smallest absolute Gasteiger partial charge is 0.301 e. The molecule has 164 valence electrons. The highest BCUT2D eigenvalue weighted by Crippen LogP contribution is 2.39. The fourth-order valence-electron chi connectivity index (χ4n) is 3.27. The molecular weight excluding hydrogens is 434 g/mol. The number of ether oxygens (including phenoxy) is 1. The summed E-state index contributed by atoms with van der Waals surface area (Å²) in [5.41, 5.74) is 2.93. The summed E-state index contributed by atoms with van der Waals surface area (Å²) >= 11 is 1.60. The van der Waals surface area contributed by atoms with Gasteiger partial charge in [-0.25, -0.2) is 15.0 Å². The third-order valence-corrected chi connectivity index (χ3v) is 7.76. The van der Waals surface area contributed by atoms with Crippen LogP contribution in [0.1, 0.15) is 30.6 Å². The van der Waals surface area contributed by atoms with Crippen LogP contribution in [-0.2, 0) is 14.9 Å². The van der Waals surface area contributed by atoms with Crippen LogP contribution in [-0.4, -0.2) is 54.0 Å². The minimum absolute atomic E-state index is 0.267. The quantitative estimate of drug-likeness (QED) is 0.604. The minimum atomic E-state index is -3.65. The molecule has 1 aliphatic rings. The van der Waals surface area contributed by atoms with Gasteiger partial charge in [-0.1, -0.05) is 26.0 Å². The van der Waals surface area contributed by atoms with Crippen molar-refractivity contribution in [2.75, 3.05) is 31.0 Å². The summed E-state index contributed by atoms with van der Waals surface area (Å²) < 4.78 is 34.8. The molecule has 0 bridgehead atoms. The first-order chi connectivity index (χ1) is 14.8. The number of thiazole rings is 1. The maximum absolute atomic E-state index is 12.8. The number of nitrogens with one attached hydrogen (secondary N) is 1. The number of morpholine rings is 1. The fraction of sp³-hybridized carbons (Fsp3) is 0.381. The van der Waals surface area contributed by atoms with Gasteiger partial charge in [-0.3, -0.25) is 4.72 Å². The number of nitrogens with zero attached hydrogens (tertiary/aromatic N) is 4. The molecule has 2 aromatic heterocycles. The molecule has 0 unspecified atom stereocenters. The van der Waals surface area contributed by atoms with Gasteiger partial charge in [-0.2, -0.15) is 12.7 Å². The summed E-state index contributed by atoms with van der Waals surface area (Å²) in [5.74, 6) is 0.957. The molecule has 3 heterocycles. The third-order valence-electron chi connectivity index (χ3n) is 4.84. The summed E-state index contributed by atoms with van der Waals surface area (Å²) in [4.78, 5) is 14.6. The highest BCUT2D eigenvalue weighted by Gasteiger charge is 2.25. The van der Waals surface area contributed by atoms with Gasteiger partial charge in [0.05, 0.1) is 40.2 Å². The SMILES string of the molecule is Cc1nccc(-c2sc(C(C)C)nc2-c2cccc(NS(=O)(=O)N3CCOCC3)c2)n1. The normalized spacial score (nSPS) is 15.4. The van der Waals surface area contributed by atoms with Crippen molar-refractivity contribution in [3.8, 4) is 21.8 Å². The molecule has 3 aromatic rings. The number of benzene rings is 1. The Morgan fingerprint density at radius 2 is 1.94 bits per heavy atom. The van der Waals surface area contributed by atoms with Crippen LogP contribution < -0.4 is 4.72 Å². The minimum Gasteiger partial charge on any atom is -0.379 e. The molecule has 0 atom stereocenters. The van der Waals surface area contributed by atoms with E-state index in [9.17, 15) is 8.42 Å². The maximum Gasteiger partial charge on any atom is 0.301 e. The monoisotopic (exact) mass is 459 g/mol. The van der Waals surface area contributed by atoms with E-state index in [1.54, 1.807) is 23.6 Å². The van der Waals surface area contributed by atoms with Gasteiger partial charge in [-0.05, 0) is 25.1 Å². The molecule has 0 spiro atoms. The van der Waals surface area contributed by atoms with Gasteiger partial charge in [0.15, 0.2) is 0 Å². The van der Waals surface area contributed by atoms with E-state index in [0.717, 1.165) is 26.8 Å². The van der Waals surface area contributed by atoms with Gasteiger partial charge < -0.3 is 4.74 Å². The van der Waals surface area contributed by atoms with Crippen molar-refractivity contribution in [3.05, 3.63) is 47.4 Å². The Morgan fingerprint density at radius 1 is 1.16 bits per heavy atom. The van der Waals surface area contributed by atoms with Gasteiger partial charge in [-0.15, -0.1) is 11.3 Å². The van der Waals surface area contributed by atoms with Crippen molar-refractivity contribution >= 4 is 27.2 Å². The van der Waals surface area contributed by atoms with E-state index in [1.165, 1.54) is 4.31 Å². The van der Waals surface area contributed by atoms with Crippen molar-refractivity contribution < 1.29 is 13.2 Å². The standard InChI is InChI=1S/C21H25N5O3S2/c1-14(2)21-24-19(20(30-21)18-7-8-22-15(3)23-18)16-5-4-6-17(13-16)25-31(27,28)26-9-11-29-12-10-26/h4-8,13-14,25H,9-12H2,1-3H3. The van der Waals surface area contributed by atoms with Gasteiger partial charge in [0.1, 0.15) is 5.82 Å². The van der Waals surface area contributed by atoms with E-state index in [4.69, 9.17) is 9.72 Å². The van der Waals surface area contributed by atoms with Crippen LogP contribution in [0.2, 0.25) is 0 Å². The number of anilines is 1. The number of aromatic nitrogens is 3. The van der Waals surface area contributed by atoms with Crippen LogP contribution >= 0.6 is 11.3 Å². The Hall–Kier alpha value is -2.40. The lowest BCUT2D eigenvalue weighted by atomic mass is 10.1. The molecule has 10 heteroatoms. The average molecular weight is 460 g/mol. The molecule has 1 fully saturated rings. The summed E-state index contributed by atoms with van der Waals surface area (Å²) in [6.45, 7) is 7.55. The Morgan fingerprint density at radius 3 is 2.65 bits per heavy atom. The average Bonchev–Trinajstić information content (AvgIpc) is 3.20. The van der Waals surface area contributed by atoms with E-state index < -0.39 is 10.2 Å². The number of hydrogen-bond acceptors (Lipinski definition) is 7. The maximum atomic E-state index is 12.8. The highest BCUT2D eigenvalue weighted by atomic mass is 32.2. The van der Waals surface area contributed by atoms with E-state index in [0.29, 0.717) is 37.8 Å². The number of hydrogen-bond donors (Lipinski definition) is 1. The van der Waals surface area contributed by atoms with Crippen LogP contribution in [0.4, 0.5) is 5.69 Å². The predicted octanol–water partition coefficient (Wildman–Crippen LogP) is 3.69. The number of rotatable bonds is 6. The molecule has 0 saturated carbocycles. The van der Waals surface area contributed by atoms with E-state index in [2.05, 4.69) is 28.5 Å². The molecule has 1 N–H and O–H groups in total. The van der Waals surface area contributed by atoms with Gasteiger partial charge in [0, 0.05) is 30.8 Å². The molecule has 0 amide bonds. The van der Waals surface area contributed by atoms with Crippen LogP contribution in [0.15, 0.2) is 36.5 Å². The predicted molar refractivity (Wildman–Crippen MR) is 122 cm³/mol. The lowest BCUT2D eigenvalue weighted by Gasteiger charge is -2.26. The second kappa shape index (κ2) is 8.99. The zero-order valence-electron chi connectivity index (χ0n) is 17.7. The van der Waals surface area contributed by atoms with Crippen LogP contribution in [0.25, 0.3) is 21.8 Å². The third kappa shape index (κ3) is 4.93. The van der Waals surface area contributed by atoms with Crippen molar-refractivity contribution in [1.29, 1.82) is 0 Å². The summed E-state index contributed by atoms with van der Waals surface area (Å²) in [7, 11) is -3.65. The fourth-order valence-corrected chi connectivity index (χ4v) is 5.51. The Labute approximate surface area is 186 Å². The van der Waals surface area contributed by atoms with Crippen LogP contribution in [0.5, 0.6) is 0 Å². The summed E-state index contributed by atoms with van der Waals surface area (Å²) in [5, 5.41) is 1.00. The zero-order chi connectivity index (χ0) is 22.0. The van der Waals surface area contributed by atoms with E-state index in [-0.39, 0.29) is 5.92 Å². The first kappa shape index (κ1) is 21.8. The molecule has 31 heavy (non-hydrogen) atoms. The molecule has 1 aromatic carbocycles. The Balaban J connectivity index is 1.70. The van der Waals surface area contributed by atoms with Crippen molar-refractivity contribution in [3.63, 3.8) is 0 Å². The summed E-state index contributed by atoms with van der Waals surface area (Å²) in [6.07, 6.45) is 1.74. The largest absolute Gasteiger partial charge is 0.379 e. The molecule has 8 nitrogen and oxygen atoms in total. The second-order valence-electron chi connectivity index (χ2n) is 7.57. The van der Waals surface area contributed by atoms with Gasteiger partial charge >= 0.3 is 10.2 Å². The molecular formula is C21H25N5O3S2. The lowest BCUT2D eigenvalue weighted by molar-refractivity contribution is 0.0733. The van der Waals surface area contributed by atoms with Crippen molar-refractivity contribution in [1.82, 2.24) is 19.3 Å². The molecule has 0 radical (unpaired) electrons. The number of aryl methyl sites for hydroxylation is 1. The Kier molecular flexibility index (Phi) is 6.33.